The zero-order valence-electron chi connectivity index (χ0n) is 5.23. The number of rotatable bonds is 2. The maximum absolute atomic E-state index is 5.13. The standard InChI is InChI=1S/C5H12N2S/c1-3-5(7-6)4(2)8/h7-8H,3,6H2,1-2H3/b5-4-. The molecule has 0 aliphatic rings. The lowest BCUT2D eigenvalue weighted by Crippen LogP contribution is -2.21. The molecule has 3 heteroatoms. The van der Waals surface area contributed by atoms with Gasteiger partial charge in [0, 0.05) is 5.70 Å². The number of allylic oxidation sites excluding steroid dienone is 2. The summed E-state index contributed by atoms with van der Waals surface area (Å²) >= 11 is 4.09. The fourth-order valence-electron chi connectivity index (χ4n) is 0.462. The van der Waals surface area contributed by atoms with Gasteiger partial charge in [0.2, 0.25) is 0 Å². The minimum Gasteiger partial charge on any atom is -0.327 e. The lowest BCUT2D eigenvalue weighted by Gasteiger charge is -2.02. The minimum atomic E-state index is 0.909. The van der Waals surface area contributed by atoms with Gasteiger partial charge in [0.15, 0.2) is 0 Å². The van der Waals surface area contributed by atoms with Crippen LogP contribution >= 0.6 is 12.6 Å². The van der Waals surface area contributed by atoms with Crippen LogP contribution in [0.4, 0.5) is 0 Å². The molecule has 2 nitrogen and oxygen atoms in total. The van der Waals surface area contributed by atoms with Crippen molar-refractivity contribution in [1.82, 2.24) is 5.43 Å². The maximum atomic E-state index is 5.13. The van der Waals surface area contributed by atoms with Gasteiger partial charge in [-0.05, 0) is 18.2 Å². The molecule has 0 heterocycles. The Morgan fingerprint density at radius 1 is 1.75 bits per heavy atom. The number of hydrogen-bond acceptors (Lipinski definition) is 3. The van der Waals surface area contributed by atoms with E-state index in [-0.39, 0.29) is 0 Å². The Bertz CT molecular complexity index is 88.6. The third-order valence-corrected chi connectivity index (χ3v) is 1.23. The molecule has 0 aromatic rings. The Hall–Kier alpha value is -0.150. The Labute approximate surface area is 55.5 Å². The van der Waals surface area contributed by atoms with Gasteiger partial charge >= 0.3 is 0 Å². The maximum Gasteiger partial charge on any atom is 0.0346 e. The zero-order valence-corrected chi connectivity index (χ0v) is 6.13. The topological polar surface area (TPSA) is 38.0 Å². The van der Waals surface area contributed by atoms with Crippen LogP contribution in [0, 0.1) is 0 Å². The molecule has 0 aliphatic heterocycles. The van der Waals surface area contributed by atoms with Crippen LogP contribution in [0.15, 0.2) is 10.6 Å². The monoisotopic (exact) mass is 132 g/mol. The van der Waals surface area contributed by atoms with E-state index >= 15 is 0 Å². The average Bonchev–Trinajstić information content (AvgIpc) is 1.69. The van der Waals surface area contributed by atoms with Gasteiger partial charge < -0.3 is 5.43 Å². The average molecular weight is 132 g/mol. The molecule has 0 aliphatic carbocycles. The molecule has 0 spiro atoms. The molecule has 0 bridgehead atoms. The Morgan fingerprint density at radius 3 is 2.25 bits per heavy atom. The van der Waals surface area contributed by atoms with Crippen molar-refractivity contribution in [2.24, 2.45) is 5.84 Å². The number of thiol groups is 1. The van der Waals surface area contributed by atoms with E-state index in [0.717, 1.165) is 17.0 Å². The summed E-state index contributed by atoms with van der Waals surface area (Å²) in [6.45, 7) is 3.93. The van der Waals surface area contributed by atoms with Gasteiger partial charge in [-0.1, -0.05) is 6.92 Å². The quantitative estimate of drug-likeness (QED) is 0.298. The van der Waals surface area contributed by atoms with Crippen LogP contribution in [0.1, 0.15) is 20.3 Å². The summed E-state index contributed by atoms with van der Waals surface area (Å²) in [5.41, 5.74) is 3.55. The fourth-order valence-corrected chi connectivity index (χ4v) is 0.685. The van der Waals surface area contributed by atoms with Crippen molar-refractivity contribution in [3.8, 4) is 0 Å². The number of nitrogens with one attached hydrogen (secondary N) is 1. The predicted molar refractivity (Wildman–Crippen MR) is 39.3 cm³/mol. The highest BCUT2D eigenvalue weighted by atomic mass is 32.1. The van der Waals surface area contributed by atoms with Crippen LogP contribution in [0.3, 0.4) is 0 Å². The molecule has 3 N–H and O–H groups in total. The summed E-state index contributed by atoms with van der Waals surface area (Å²) in [5, 5.41) is 0. The van der Waals surface area contributed by atoms with Crippen LogP contribution in [0.5, 0.6) is 0 Å². The zero-order chi connectivity index (χ0) is 6.57. The second-order valence-corrected chi connectivity index (χ2v) is 2.23. The lowest BCUT2D eigenvalue weighted by atomic mass is 10.3. The Balaban J connectivity index is 3.86. The molecular weight excluding hydrogens is 120 g/mol. The molecule has 0 unspecified atom stereocenters. The molecule has 8 heavy (non-hydrogen) atoms. The molecule has 0 saturated heterocycles. The van der Waals surface area contributed by atoms with E-state index in [1.807, 2.05) is 13.8 Å². The molecule has 0 atom stereocenters. The molecule has 0 rings (SSSR count). The SMILES string of the molecule is CC/C(NN)=C(\C)S. The third kappa shape index (κ3) is 2.23. The summed E-state index contributed by atoms with van der Waals surface area (Å²) in [7, 11) is 0. The summed E-state index contributed by atoms with van der Waals surface area (Å²) in [4.78, 5) is 0.954. The summed E-state index contributed by atoms with van der Waals surface area (Å²) in [5.74, 6) is 5.13. The Kier molecular flexibility index (Phi) is 3.73. The van der Waals surface area contributed by atoms with E-state index in [1.165, 1.54) is 0 Å². The van der Waals surface area contributed by atoms with Gasteiger partial charge in [0.05, 0.1) is 0 Å². The van der Waals surface area contributed by atoms with Crippen LogP contribution in [-0.2, 0) is 0 Å². The molecule has 48 valence electrons. The summed E-state index contributed by atoms with van der Waals surface area (Å²) in [6, 6.07) is 0. The van der Waals surface area contributed by atoms with E-state index in [9.17, 15) is 0 Å². The molecule has 0 fully saturated rings. The van der Waals surface area contributed by atoms with Crippen molar-refractivity contribution in [2.45, 2.75) is 20.3 Å². The minimum absolute atomic E-state index is 0.909. The van der Waals surface area contributed by atoms with Gasteiger partial charge in [0.1, 0.15) is 0 Å². The molecule has 0 radical (unpaired) electrons. The van der Waals surface area contributed by atoms with Crippen molar-refractivity contribution in [3.63, 3.8) is 0 Å². The number of hydrogen-bond donors (Lipinski definition) is 3. The highest BCUT2D eigenvalue weighted by Crippen LogP contribution is 2.05. The first-order valence-corrected chi connectivity index (χ1v) is 3.02. The fraction of sp³-hybridized carbons (Fsp3) is 0.600. The van der Waals surface area contributed by atoms with Crippen LogP contribution in [-0.4, -0.2) is 0 Å². The van der Waals surface area contributed by atoms with Gasteiger partial charge in [-0.25, -0.2) is 0 Å². The van der Waals surface area contributed by atoms with Gasteiger partial charge in [0.25, 0.3) is 0 Å². The summed E-state index contributed by atoms with van der Waals surface area (Å²) in [6.07, 6.45) is 0.909. The molecule has 0 aromatic carbocycles. The second kappa shape index (κ2) is 3.80. The van der Waals surface area contributed by atoms with Crippen molar-refractivity contribution in [1.29, 1.82) is 0 Å². The van der Waals surface area contributed by atoms with E-state index < -0.39 is 0 Å². The van der Waals surface area contributed by atoms with Gasteiger partial charge in [-0.2, -0.15) is 0 Å². The first kappa shape index (κ1) is 7.85. The number of hydrazine groups is 1. The molecule has 0 aromatic heterocycles. The van der Waals surface area contributed by atoms with Crippen molar-refractivity contribution >= 4 is 12.6 Å². The van der Waals surface area contributed by atoms with E-state index in [2.05, 4.69) is 18.1 Å². The smallest absolute Gasteiger partial charge is 0.0346 e. The molecule has 0 amide bonds. The van der Waals surface area contributed by atoms with Gasteiger partial charge in [-0.15, -0.1) is 12.6 Å². The number of nitrogens with two attached hydrogens (primary N) is 1. The van der Waals surface area contributed by atoms with Crippen molar-refractivity contribution in [3.05, 3.63) is 10.6 Å². The second-order valence-electron chi connectivity index (χ2n) is 1.56. The first-order chi connectivity index (χ1) is 3.72. The Morgan fingerprint density at radius 2 is 2.25 bits per heavy atom. The molecule has 0 saturated carbocycles. The summed E-state index contributed by atoms with van der Waals surface area (Å²) < 4.78 is 0. The van der Waals surface area contributed by atoms with Crippen LogP contribution in [0.25, 0.3) is 0 Å². The van der Waals surface area contributed by atoms with Crippen LogP contribution < -0.4 is 11.3 Å². The molecular formula is C5H12N2S. The van der Waals surface area contributed by atoms with Crippen LogP contribution in [0.2, 0.25) is 0 Å². The normalized spacial score (nSPS) is 13.0. The lowest BCUT2D eigenvalue weighted by molar-refractivity contribution is 0.821. The van der Waals surface area contributed by atoms with E-state index in [0.29, 0.717) is 0 Å². The predicted octanol–water partition coefficient (Wildman–Crippen LogP) is 1.02. The highest BCUT2D eigenvalue weighted by molar-refractivity contribution is 7.84. The highest BCUT2D eigenvalue weighted by Gasteiger charge is 1.89. The van der Waals surface area contributed by atoms with Crippen molar-refractivity contribution < 1.29 is 0 Å². The van der Waals surface area contributed by atoms with Gasteiger partial charge in [-0.3, -0.25) is 5.84 Å². The first-order valence-electron chi connectivity index (χ1n) is 2.57. The third-order valence-electron chi connectivity index (χ3n) is 0.965. The van der Waals surface area contributed by atoms with E-state index in [1.54, 1.807) is 0 Å². The largest absolute Gasteiger partial charge is 0.327 e. The van der Waals surface area contributed by atoms with Crippen molar-refractivity contribution in [2.75, 3.05) is 0 Å². The van der Waals surface area contributed by atoms with E-state index in [4.69, 9.17) is 5.84 Å².